The molecule has 1 aromatic heterocycles. The van der Waals surface area contributed by atoms with Gasteiger partial charge in [0.05, 0.1) is 20.4 Å². The maximum atomic E-state index is 6.09. The lowest BCUT2D eigenvalue weighted by Gasteiger charge is -2.20. The zero-order chi connectivity index (χ0) is 14.5. The van der Waals surface area contributed by atoms with Gasteiger partial charge >= 0.3 is 0 Å². The molecular formula is C14H16ClN3O2. The smallest absolute Gasteiger partial charge is 0.150 e. The van der Waals surface area contributed by atoms with Crippen LogP contribution in [-0.2, 0) is 6.54 Å². The standard InChI is InChI=1S/C14H16ClN3O2/c1-18(14-12(15)7-16-9-17-14)8-10-6-11(19-2)4-5-13(10)20-3/h4-7,9H,8H2,1-3H3. The molecule has 0 saturated carbocycles. The second-order valence-electron chi connectivity index (χ2n) is 4.23. The summed E-state index contributed by atoms with van der Waals surface area (Å²) in [6, 6.07) is 5.67. The molecule has 0 spiro atoms. The minimum atomic E-state index is 0.511. The molecule has 0 radical (unpaired) electrons. The minimum Gasteiger partial charge on any atom is -0.497 e. The van der Waals surface area contributed by atoms with Crippen LogP contribution in [0.1, 0.15) is 5.56 Å². The molecule has 1 heterocycles. The van der Waals surface area contributed by atoms with E-state index in [-0.39, 0.29) is 0 Å². The fourth-order valence-corrected chi connectivity index (χ4v) is 2.17. The van der Waals surface area contributed by atoms with Crippen LogP contribution in [0.2, 0.25) is 5.02 Å². The van der Waals surface area contributed by atoms with E-state index in [4.69, 9.17) is 21.1 Å². The number of halogens is 1. The Balaban J connectivity index is 2.27. The van der Waals surface area contributed by atoms with Crippen LogP contribution >= 0.6 is 11.6 Å². The van der Waals surface area contributed by atoms with Crippen LogP contribution in [0.25, 0.3) is 0 Å². The number of aromatic nitrogens is 2. The summed E-state index contributed by atoms with van der Waals surface area (Å²) in [5.74, 6) is 2.25. The van der Waals surface area contributed by atoms with Gasteiger partial charge < -0.3 is 14.4 Å². The molecule has 0 unspecified atom stereocenters. The van der Waals surface area contributed by atoms with Crippen molar-refractivity contribution in [3.63, 3.8) is 0 Å². The lowest BCUT2D eigenvalue weighted by atomic mass is 10.1. The highest BCUT2D eigenvalue weighted by atomic mass is 35.5. The molecule has 106 valence electrons. The van der Waals surface area contributed by atoms with Crippen LogP contribution in [0.3, 0.4) is 0 Å². The van der Waals surface area contributed by atoms with E-state index in [0.29, 0.717) is 17.4 Å². The Morgan fingerprint density at radius 1 is 1.25 bits per heavy atom. The van der Waals surface area contributed by atoms with E-state index < -0.39 is 0 Å². The first-order valence-electron chi connectivity index (χ1n) is 6.03. The predicted octanol–water partition coefficient (Wildman–Crippen LogP) is 2.78. The van der Waals surface area contributed by atoms with Gasteiger partial charge in [-0.1, -0.05) is 11.6 Å². The van der Waals surface area contributed by atoms with Crippen molar-refractivity contribution >= 4 is 17.4 Å². The second-order valence-corrected chi connectivity index (χ2v) is 4.64. The summed E-state index contributed by atoms with van der Waals surface area (Å²) in [5.41, 5.74) is 0.990. The largest absolute Gasteiger partial charge is 0.497 e. The van der Waals surface area contributed by atoms with Gasteiger partial charge in [-0.05, 0) is 18.2 Å². The number of hydrogen-bond acceptors (Lipinski definition) is 5. The number of anilines is 1. The Labute approximate surface area is 123 Å². The molecule has 0 atom stereocenters. The summed E-state index contributed by atoms with van der Waals surface area (Å²) in [4.78, 5) is 10.00. The zero-order valence-electron chi connectivity index (χ0n) is 11.6. The molecule has 2 rings (SSSR count). The fraction of sp³-hybridized carbons (Fsp3) is 0.286. The quantitative estimate of drug-likeness (QED) is 0.848. The SMILES string of the molecule is COc1ccc(OC)c(CN(C)c2ncncc2Cl)c1. The molecule has 0 fully saturated rings. The van der Waals surface area contributed by atoms with Gasteiger partial charge in [0.25, 0.3) is 0 Å². The first-order chi connectivity index (χ1) is 9.65. The molecular weight excluding hydrogens is 278 g/mol. The first kappa shape index (κ1) is 14.4. The van der Waals surface area contributed by atoms with E-state index in [9.17, 15) is 0 Å². The van der Waals surface area contributed by atoms with Crippen molar-refractivity contribution in [3.8, 4) is 11.5 Å². The molecule has 0 aliphatic heterocycles. The number of methoxy groups -OCH3 is 2. The van der Waals surface area contributed by atoms with Crippen molar-refractivity contribution in [3.05, 3.63) is 41.3 Å². The monoisotopic (exact) mass is 293 g/mol. The van der Waals surface area contributed by atoms with Crippen molar-refractivity contribution in [2.75, 3.05) is 26.2 Å². The van der Waals surface area contributed by atoms with Crippen LogP contribution in [0.5, 0.6) is 11.5 Å². The van der Waals surface area contributed by atoms with Crippen LogP contribution < -0.4 is 14.4 Å². The van der Waals surface area contributed by atoms with Crippen LogP contribution in [-0.4, -0.2) is 31.2 Å². The van der Waals surface area contributed by atoms with Gasteiger partial charge in [-0.2, -0.15) is 0 Å². The average Bonchev–Trinajstić information content (AvgIpc) is 2.47. The third-order valence-corrected chi connectivity index (χ3v) is 3.17. The average molecular weight is 294 g/mol. The van der Waals surface area contributed by atoms with Crippen molar-refractivity contribution in [1.82, 2.24) is 9.97 Å². The highest BCUT2D eigenvalue weighted by molar-refractivity contribution is 6.32. The van der Waals surface area contributed by atoms with Crippen molar-refractivity contribution in [2.45, 2.75) is 6.54 Å². The van der Waals surface area contributed by atoms with Crippen molar-refractivity contribution < 1.29 is 9.47 Å². The summed E-state index contributed by atoms with van der Waals surface area (Å²) in [6.45, 7) is 0.594. The van der Waals surface area contributed by atoms with E-state index in [0.717, 1.165) is 17.1 Å². The predicted molar refractivity (Wildman–Crippen MR) is 78.7 cm³/mol. The zero-order valence-corrected chi connectivity index (χ0v) is 12.4. The van der Waals surface area contributed by atoms with Gasteiger partial charge in [0.15, 0.2) is 5.82 Å². The summed E-state index contributed by atoms with van der Waals surface area (Å²) in [7, 11) is 5.19. The molecule has 0 saturated heterocycles. The van der Waals surface area contributed by atoms with E-state index in [1.807, 2.05) is 30.1 Å². The maximum absolute atomic E-state index is 6.09. The second kappa shape index (κ2) is 6.43. The molecule has 5 nitrogen and oxygen atoms in total. The van der Waals surface area contributed by atoms with Gasteiger partial charge in [-0.3, -0.25) is 0 Å². The Hall–Kier alpha value is -2.01. The fourth-order valence-electron chi connectivity index (χ4n) is 1.92. The third kappa shape index (κ3) is 3.11. The molecule has 20 heavy (non-hydrogen) atoms. The number of nitrogens with zero attached hydrogens (tertiary/aromatic N) is 3. The lowest BCUT2D eigenvalue weighted by Crippen LogP contribution is -2.18. The van der Waals surface area contributed by atoms with Crippen molar-refractivity contribution in [2.24, 2.45) is 0 Å². The van der Waals surface area contributed by atoms with Crippen LogP contribution in [0.15, 0.2) is 30.7 Å². The number of rotatable bonds is 5. The Kier molecular flexibility index (Phi) is 4.63. The number of ether oxygens (including phenoxy) is 2. The normalized spacial score (nSPS) is 10.2. The van der Waals surface area contributed by atoms with Gasteiger partial charge in [-0.15, -0.1) is 0 Å². The highest BCUT2D eigenvalue weighted by Gasteiger charge is 2.12. The molecule has 0 amide bonds. The van der Waals surface area contributed by atoms with E-state index >= 15 is 0 Å². The third-order valence-electron chi connectivity index (χ3n) is 2.90. The molecule has 6 heteroatoms. The molecule has 0 bridgehead atoms. The first-order valence-corrected chi connectivity index (χ1v) is 6.41. The molecule has 0 aliphatic rings. The highest BCUT2D eigenvalue weighted by Crippen LogP contribution is 2.28. The van der Waals surface area contributed by atoms with Crippen LogP contribution in [0.4, 0.5) is 5.82 Å². The van der Waals surface area contributed by atoms with E-state index in [2.05, 4.69) is 9.97 Å². The van der Waals surface area contributed by atoms with Crippen LogP contribution in [0, 0.1) is 0 Å². The Morgan fingerprint density at radius 2 is 2.05 bits per heavy atom. The van der Waals surface area contributed by atoms with Gasteiger partial charge in [-0.25, -0.2) is 9.97 Å². The molecule has 0 N–H and O–H groups in total. The topological polar surface area (TPSA) is 47.5 Å². The summed E-state index contributed by atoms with van der Waals surface area (Å²) >= 11 is 6.09. The van der Waals surface area contributed by atoms with Gasteiger partial charge in [0.2, 0.25) is 0 Å². The Morgan fingerprint density at radius 3 is 2.70 bits per heavy atom. The Bertz CT molecular complexity index is 592. The van der Waals surface area contributed by atoms with Gasteiger partial charge in [0, 0.05) is 19.2 Å². The van der Waals surface area contributed by atoms with Crippen molar-refractivity contribution in [1.29, 1.82) is 0 Å². The molecule has 0 aliphatic carbocycles. The number of benzene rings is 1. The summed E-state index contributed by atoms with van der Waals surface area (Å²) in [6.07, 6.45) is 3.05. The van der Waals surface area contributed by atoms with E-state index in [1.165, 1.54) is 6.33 Å². The molecule has 1 aromatic carbocycles. The summed E-state index contributed by atoms with van der Waals surface area (Å²) in [5, 5.41) is 0.511. The van der Waals surface area contributed by atoms with E-state index in [1.54, 1.807) is 20.4 Å². The van der Waals surface area contributed by atoms with Gasteiger partial charge in [0.1, 0.15) is 22.8 Å². The molecule has 2 aromatic rings. The minimum absolute atomic E-state index is 0.511. The number of hydrogen-bond donors (Lipinski definition) is 0. The summed E-state index contributed by atoms with van der Waals surface area (Å²) < 4.78 is 10.6. The maximum Gasteiger partial charge on any atom is 0.150 e. The lowest BCUT2D eigenvalue weighted by molar-refractivity contribution is 0.398.